The van der Waals surface area contributed by atoms with Gasteiger partial charge in [0.2, 0.25) is 12.4 Å². The topological polar surface area (TPSA) is 7.12 Å². The van der Waals surface area contributed by atoms with Gasteiger partial charge in [-0.25, -0.2) is 0 Å². The van der Waals surface area contributed by atoms with Gasteiger partial charge >= 0.3 is 0 Å². The number of fused-ring (bicyclic) bond motifs is 6. The summed E-state index contributed by atoms with van der Waals surface area (Å²) in [5.74, 6) is 0. The van der Waals surface area contributed by atoms with Gasteiger partial charge in [-0.1, -0.05) is 90.4 Å². The molecule has 2 aliphatic heterocycles. The second-order valence-corrected chi connectivity index (χ2v) is 9.74. The molecule has 0 bridgehead atoms. The van der Waals surface area contributed by atoms with Crippen LogP contribution in [0.15, 0.2) is 109 Å². The van der Waals surface area contributed by atoms with E-state index in [1.54, 1.807) is 0 Å². The Bertz CT molecular complexity index is 1590. The SMILES string of the molecule is Cc1cc2[n+](cc1-c1ccccc1)Cc1c-2ccc2c1N(C)c1ccccc1B2c1ccccc1. The Kier molecular flexibility index (Phi) is 4.47. The number of aromatic nitrogens is 1. The molecule has 166 valence electrons. The van der Waals surface area contributed by atoms with Crippen LogP contribution in [0.4, 0.5) is 11.4 Å². The normalized spacial score (nSPS) is 13.2. The summed E-state index contributed by atoms with van der Waals surface area (Å²) in [7, 11) is 2.23. The molecule has 7 rings (SSSR count). The van der Waals surface area contributed by atoms with Crippen molar-refractivity contribution < 1.29 is 4.57 Å². The van der Waals surface area contributed by atoms with E-state index in [1.165, 1.54) is 61.3 Å². The molecule has 0 saturated heterocycles. The minimum absolute atomic E-state index is 0.235. The van der Waals surface area contributed by atoms with E-state index < -0.39 is 0 Å². The lowest BCUT2D eigenvalue weighted by molar-refractivity contribution is -0.671. The third-order valence-corrected chi connectivity index (χ3v) is 7.76. The van der Waals surface area contributed by atoms with E-state index in [0.717, 1.165) is 6.54 Å². The minimum atomic E-state index is 0.235. The molecule has 0 aliphatic carbocycles. The molecule has 5 aromatic rings. The standard InChI is InChI=1S/C32H26BN2/c1-22-19-31-25-17-18-29-32(27(25)21-35(31)20-26(22)23-11-5-3-6-12-23)34(2)30-16-10-9-15-28(30)33(29)24-13-7-4-8-14-24/h3-20H,21H2,1-2H3/q+1. The summed E-state index contributed by atoms with van der Waals surface area (Å²) >= 11 is 0. The summed E-state index contributed by atoms with van der Waals surface area (Å²) in [5.41, 5.74) is 14.7. The van der Waals surface area contributed by atoms with Gasteiger partial charge in [0.15, 0.2) is 12.7 Å². The Morgan fingerprint density at radius 2 is 1.46 bits per heavy atom. The monoisotopic (exact) mass is 449 g/mol. The maximum absolute atomic E-state index is 2.44. The number of hydrogen-bond acceptors (Lipinski definition) is 1. The van der Waals surface area contributed by atoms with E-state index in [-0.39, 0.29) is 6.71 Å². The number of anilines is 2. The van der Waals surface area contributed by atoms with Crippen LogP contribution in [0.5, 0.6) is 0 Å². The zero-order valence-corrected chi connectivity index (χ0v) is 20.1. The van der Waals surface area contributed by atoms with Crippen LogP contribution in [-0.4, -0.2) is 13.8 Å². The van der Waals surface area contributed by atoms with Crippen LogP contribution in [0.2, 0.25) is 0 Å². The predicted octanol–water partition coefficient (Wildman–Crippen LogP) is 4.58. The highest BCUT2D eigenvalue weighted by Gasteiger charge is 2.39. The molecule has 0 radical (unpaired) electrons. The Labute approximate surface area is 207 Å². The Hall–Kier alpha value is -4.11. The van der Waals surface area contributed by atoms with Gasteiger partial charge in [0.1, 0.15) is 0 Å². The summed E-state index contributed by atoms with van der Waals surface area (Å²) in [4.78, 5) is 2.42. The van der Waals surface area contributed by atoms with Crippen molar-refractivity contribution in [3.8, 4) is 22.4 Å². The van der Waals surface area contributed by atoms with E-state index >= 15 is 0 Å². The molecule has 35 heavy (non-hydrogen) atoms. The fraction of sp³-hybridized carbons (Fsp3) is 0.0938. The van der Waals surface area contributed by atoms with E-state index in [0.29, 0.717) is 0 Å². The highest BCUT2D eigenvalue weighted by atomic mass is 15.1. The van der Waals surface area contributed by atoms with Crippen LogP contribution < -0.4 is 25.9 Å². The summed E-state index contributed by atoms with van der Waals surface area (Å²) in [6.45, 7) is 3.36. The number of rotatable bonds is 2. The Morgan fingerprint density at radius 3 is 2.26 bits per heavy atom. The first kappa shape index (κ1) is 20.3. The summed E-state index contributed by atoms with van der Waals surface area (Å²) in [6.07, 6.45) is 2.35. The number of benzene rings is 4. The number of para-hydroxylation sites is 1. The van der Waals surface area contributed by atoms with Crippen molar-refractivity contribution in [2.75, 3.05) is 11.9 Å². The first-order valence-corrected chi connectivity index (χ1v) is 12.3. The predicted molar refractivity (Wildman–Crippen MR) is 147 cm³/mol. The molecule has 3 heteroatoms. The number of hydrogen-bond donors (Lipinski definition) is 0. The maximum atomic E-state index is 2.44. The highest BCUT2D eigenvalue weighted by Crippen LogP contribution is 2.38. The van der Waals surface area contributed by atoms with Gasteiger partial charge in [-0.05, 0) is 41.1 Å². The fourth-order valence-corrected chi connectivity index (χ4v) is 6.16. The summed E-state index contributed by atoms with van der Waals surface area (Å²) in [5, 5.41) is 0. The Balaban J connectivity index is 1.42. The van der Waals surface area contributed by atoms with Crippen LogP contribution in [0, 0.1) is 6.92 Å². The zero-order valence-electron chi connectivity index (χ0n) is 20.1. The van der Waals surface area contributed by atoms with Gasteiger partial charge in [0.25, 0.3) is 0 Å². The number of pyridine rings is 1. The molecular formula is C32H26BN2+. The first-order chi connectivity index (χ1) is 17.2. The average molecular weight is 449 g/mol. The van der Waals surface area contributed by atoms with Gasteiger partial charge < -0.3 is 4.90 Å². The molecule has 4 aromatic carbocycles. The third-order valence-electron chi connectivity index (χ3n) is 7.76. The van der Waals surface area contributed by atoms with Crippen molar-refractivity contribution in [2.45, 2.75) is 13.5 Å². The van der Waals surface area contributed by atoms with Crippen LogP contribution in [0.25, 0.3) is 22.4 Å². The minimum Gasteiger partial charge on any atom is -0.345 e. The lowest BCUT2D eigenvalue weighted by Gasteiger charge is -2.35. The molecule has 0 unspecified atom stereocenters. The van der Waals surface area contributed by atoms with Gasteiger partial charge in [-0.3, -0.25) is 0 Å². The van der Waals surface area contributed by atoms with Crippen LogP contribution >= 0.6 is 0 Å². The first-order valence-electron chi connectivity index (χ1n) is 12.3. The zero-order chi connectivity index (χ0) is 23.5. The molecule has 0 atom stereocenters. The van der Waals surface area contributed by atoms with Crippen molar-refractivity contribution in [2.24, 2.45) is 0 Å². The van der Waals surface area contributed by atoms with Crippen molar-refractivity contribution >= 4 is 34.5 Å². The molecule has 2 aliphatic rings. The largest absolute Gasteiger partial charge is 0.345 e. The molecule has 0 N–H and O–H groups in total. The van der Waals surface area contributed by atoms with Gasteiger partial charge in [-0.15, -0.1) is 0 Å². The van der Waals surface area contributed by atoms with Crippen molar-refractivity contribution in [3.63, 3.8) is 0 Å². The smallest absolute Gasteiger partial charge is 0.246 e. The van der Waals surface area contributed by atoms with Crippen LogP contribution in [0.3, 0.4) is 0 Å². The number of aryl methyl sites for hydroxylation is 1. The molecule has 0 fully saturated rings. The van der Waals surface area contributed by atoms with E-state index in [4.69, 9.17) is 0 Å². The molecule has 3 heterocycles. The van der Waals surface area contributed by atoms with Gasteiger partial charge in [0.05, 0.1) is 11.1 Å². The van der Waals surface area contributed by atoms with Crippen molar-refractivity contribution in [1.82, 2.24) is 0 Å². The highest BCUT2D eigenvalue weighted by molar-refractivity contribution is 6.98. The van der Waals surface area contributed by atoms with Crippen molar-refractivity contribution in [1.29, 1.82) is 0 Å². The molecule has 0 saturated carbocycles. The molecular weight excluding hydrogens is 423 g/mol. The van der Waals surface area contributed by atoms with E-state index in [1.807, 2.05) is 0 Å². The second-order valence-electron chi connectivity index (χ2n) is 9.74. The third kappa shape index (κ3) is 3.01. The number of nitrogens with zero attached hydrogens (tertiary/aromatic N) is 2. The Morgan fingerprint density at radius 1 is 0.743 bits per heavy atom. The average Bonchev–Trinajstić information content (AvgIpc) is 3.27. The van der Waals surface area contributed by atoms with E-state index in [9.17, 15) is 0 Å². The molecule has 1 aromatic heterocycles. The second kappa shape index (κ2) is 7.71. The lowest BCUT2D eigenvalue weighted by atomic mass is 9.35. The summed E-state index contributed by atoms with van der Waals surface area (Å²) < 4.78 is 2.44. The van der Waals surface area contributed by atoms with Gasteiger partial charge in [0, 0.05) is 30.1 Å². The molecule has 0 spiro atoms. The van der Waals surface area contributed by atoms with Gasteiger partial charge in [-0.2, -0.15) is 4.57 Å². The quantitative estimate of drug-likeness (QED) is 0.277. The molecule has 2 nitrogen and oxygen atoms in total. The fourth-order valence-electron chi connectivity index (χ4n) is 6.16. The van der Waals surface area contributed by atoms with E-state index in [2.05, 4.69) is 133 Å². The van der Waals surface area contributed by atoms with Crippen LogP contribution in [0.1, 0.15) is 11.1 Å². The summed E-state index contributed by atoms with van der Waals surface area (Å²) in [6, 6.07) is 37.6. The lowest BCUT2D eigenvalue weighted by Crippen LogP contribution is -2.57. The van der Waals surface area contributed by atoms with Crippen molar-refractivity contribution in [3.05, 3.63) is 120 Å². The molecule has 0 amide bonds. The maximum Gasteiger partial charge on any atom is 0.246 e. The van der Waals surface area contributed by atoms with Crippen LogP contribution in [-0.2, 0) is 6.54 Å².